The monoisotopic (exact) mass is 341 g/mol. The van der Waals surface area contributed by atoms with Crippen LogP contribution in [-0.2, 0) is 9.59 Å². The Balaban J connectivity index is 0.00000192. The summed E-state index contributed by atoms with van der Waals surface area (Å²) in [5, 5.41) is 6.05. The first kappa shape index (κ1) is 17.7. The minimum absolute atomic E-state index is 0. The van der Waals surface area contributed by atoms with E-state index in [9.17, 15) is 14.0 Å². The van der Waals surface area contributed by atoms with E-state index in [2.05, 4.69) is 10.6 Å². The molecule has 5 nitrogen and oxygen atoms in total. The first-order chi connectivity index (χ1) is 10.7. The molecule has 1 unspecified atom stereocenters. The lowest BCUT2D eigenvalue weighted by atomic mass is 9.97. The van der Waals surface area contributed by atoms with Crippen LogP contribution in [0.15, 0.2) is 24.3 Å². The number of halogens is 2. The highest BCUT2D eigenvalue weighted by Crippen LogP contribution is 2.24. The number of amides is 2. The zero-order valence-electron chi connectivity index (χ0n) is 12.8. The molecular formula is C16H21ClFN3O2. The van der Waals surface area contributed by atoms with Gasteiger partial charge in [0, 0.05) is 12.5 Å². The van der Waals surface area contributed by atoms with Gasteiger partial charge in [-0.05, 0) is 44.5 Å². The molecule has 0 radical (unpaired) electrons. The normalized spacial score (nSPS) is 21.9. The smallest absolute Gasteiger partial charge is 0.249 e. The summed E-state index contributed by atoms with van der Waals surface area (Å²) in [6, 6.07) is 5.68. The van der Waals surface area contributed by atoms with Crippen LogP contribution in [0.1, 0.15) is 19.3 Å². The Morgan fingerprint density at radius 1 is 1.22 bits per heavy atom. The van der Waals surface area contributed by atoms with E-state index in [4.69, 9.17) is 0 Å². The quantitative estimate of drug-likeness (QED) is 0.875. The summed E-state index contributed by atoms with van der Waals surface area (Å²) in [6.45, 7) is 2.09. The third-order valence-electron chi connectivity index (χ3n) is 4.38. The molecular weight excluding hydrogens is 321 g/mol. The Bertz CT molecular complexity index is 578. The van der Waals surface area contributed by atoms with Gasteiger partial charge in [-0.25, -0.2) is 4.39 Å². The number of anilines is 1. The van der Waals surface area contributed by atoms with Gasteiger partial charge in [0.25, 0.3) is 0 Å². The van der Waals surface area contributed by atoms with Gasteiger partial charge < -0.3 is 15.5 Å². The van der Waals surface area contributed by atoms with Crippen LogP contribution in [0.25, 0.3) is 0 Å². The van der Waals surface area contributed by atoms with Crippen molar-refractivity contribution in [2.45, 2.75) is 25.3 Å². The Kier molecular flexibility index (Phi) is 5.96. The summed E-state index contributed by atoms with van der Waals surface area (Å²) in [4.78, 5) is 26.1. The Hall–Kier alpha value is -1.66. The fourth-order valence-corrected chi connectivity index (χ4v) is 3.10. The largest absolute Gasteiger partial charge is 0.344 e. The van der Waals surface area contributed by atoms with E-state index in [1.165, 1.54) is 11.0 Å². The molecule has 1 aromatic carbocycles. The molecule has 0 spiro atoms. The summed E-state index contributed by atoms with van der Waals surface area (Å²) in [6.07, 6.45) is 2.11. The lowest BCUT2D eigenvalue weighted by molar-refractivity contribution is -0.129. The van der Waals surface area contributed by atoms with Crippen molar-refractivity contribution in [3.8, 4) is 0 Å². The zero-order valence-corrected chi connectivity index (χ0v) is 13.6. The number of piperidine rings is 1. The zero-order chi connectivity index (χ0) is 15.5. The Morgan fingerprint density at radius 3 is 2.61 bits per heavy atom. The molecule has 7 heteroatoms. The first-order valence-electron chi connectivity index (χ1n) is 7.74. The summed E-state index contributed by atoms with van der Waals surface area (Å²) >= 11 is 0. The van der Waals surface area contributed by atoms with Gasteiger partial charge in [0.1, 0.15) is 11.9 Å². The van der Waals surface area contributed by atoms with E-state index >= 15 is 0 Å². The summed E-state index contributed by atoms with van der Waals surface area (Å²) in [7, 11) is 0. The highest BCUT2D eigenvalue weighted by atomic mass is 35.5. The molecule has 2 amide bonds. The predicted octanol–water partition coefficient (Wildman–Crippen LogP) is 1.47. The second-order valence-electron chi connectivity index (χ2n) is 5.82. The van der Waals surface area contributed by atoms with Crippen LogP contribution in [-0.4, -0.2) is 37.5 Å². The van der Waals surface area contributed by atoms with Crippen molar-refractivity contribution in [3.05, 3.63) is 30.1 Å². The van der Waals surface area contributed by atoms with Crippen LogP contribution in [0.3, 0.4) is 0 Å². The number of nitrogens with zero attached hydrogens (tertiary/aromatic N) is 1. The van der Waals surface area contributed by atoms with Crippen molar-refractivity contribution in [2.75, 3.05) is 24.5 Å². The van der Waals surface area contributed by atoms with Crippen molar-refractivity contribution in [2.24, 2.45) is 5.92 Å². The lowest BCUT2D eigenvalue weighted by Crippen LogP contribution is -2.46. The number of benzene rings is 1. The molecule has 2 aliphatic heterocycles. The maximum Gasteiger partial charge on any atom is 0.249 e. The second-order valence-corrected chi connectivity index (χ2v) is 5.82. The first-order valence-corrected chi connectivity index (χ1v) is 7.74. The van der Waals surface area contributed by atoms with Crippen LogP contribution < -0.4 is 15.5 Å². The van der Waals surface area contributed by atoms with Gasteiger partial charge in [-0.2, -0.15) is 0 Å². The lowest BCUT2D eigenvalue weighted by Gasteiger charge is -2.23. The second kappa shape index (κ2) is 7.75. The number of nitrogens with one attached hydrogen (secondary N) is 2. The standard InChI is InChI=1S/C16H20FN3O2.ClH/c17-12-3-1-2-4-14(12)20-10-7-13(16(20)22)19-15(21)11-5-8-18-9-6-11;/h1-4,11,13,18H,5-10H2,(H,19,21);1H. The van der Waals surface area contributed by atoms with Crippen LogP contribution in [0.5, 0.6) is 0 Å². The molecule has 0 aromatic heterocycles. The number of carbonyl (C=O) groups excluding carboxylic acids is 2. The minimum atomic E-state index is -0.540. The Morgan fingerprint density at radius 2 is 1.91 bits per heavy atom. The predicted molar refractivity (Wildman–Crippen MR) is 88.1 cm³/mol. The maximum atomic E-state index is 13.8. The van der Waals surface area contributed by atoms with E-state index in [1.54, 1.807) is 18.2 Å². The molecule has 2 saturated heterocycles. The third kappa shape index (κ3) is 3.82. The van der Waals surface area contributed by atoms with E-state index in [-0.39, 0.29) is 35.8 Å². The molecule has 2 heterocycles. The number of rotatable bonds is 3. The number of hydrogen-bond donors (Lipinski definition) is 2. The van der Waals surface area contributed by atoms with Gasteiger partial charge in [-0.3, -0.25) is 9.59 Å². The van der Waals surface area contributed by atoms with Crippen molar-refractivity contribution < 1.29 is 14.0 Å². The molecule has 3 rings (SSSR count). The highest BCUT2D eigenvalue weighted by molar-refractivity contribution is 6.01. The average Bonchev–Trinajstić information content (AvgIpc) is 2.90. The molecule has 0 aliphatic carbocycles. The van der Waals surface area contributed by atoms with Crippen LogP contribution in [0, 0.1) is 11.7 Å². The third-order valence-corrected chi connectivity index (χ3v) is 4.38. The Labute approximate surface area is 141 Å². The number of hydrogen-bond acceptors (Lipinski definition) is 3. The number of para-hydroxylation sites is 1. The minimum Gasteiger partial charge on any atom is -0.344 e. The van der Waals surface area contributed by atoms with E-state index < -0.39 is 11.9 Å². The van der Waals surface area contributed by atoms with Crippen molar-refractivity contribution in [1.29, 1.82) is 0 Å². The molecule has 2 N–H and O–H groups in total. The summed E-state index contributed by atoms with van der Waals surface area (Å²) in [5.41, 5.74) is 0.283. The maximum absolute atomic E-state index is 13.8. The topological polar surface area (TPSA) is 61.4 Å². The van der Waals surface area contributed by atoms with Crippen molar-refractivity contribution in [3.63, 3.8) is 0 Å². The van der Waals surface area contributed by atoms with Gasteiger partial charge in [-0.1, -0.05) is 12.1 Å². The molecule has 0 bridgehead atoms. The fraction of sp³-hybridized carbons (Fsp3) is 0.500. The summed E-state index contributed by atoms with van der Waals surface area (Å²) < 4.78 is 13.8. The van der Waals surface area contributed by atoms with E-state index in [0.29, 0.717) is 13.0 Å². The van der Waals surface area contributed by atoms with E-state index in [1.807, 2.05) is 0 Å². The summed E-state index contributed by atoms with van der Waals surface area (Å²) in [5.74, 6) is -0.736. The number of carbonyl (C=O) groups is 2. The molecule has 0 saturated carbocycles. The van der Waals surface area contributed by atoms with Crippen molar-refractivity contribution >= 4 is 29.9 Å². The molecule has 23 heavy (non-hydrogen) atoms. The van der Waals surface area contributed by atoms with Crippen LogP contribution >= 0.6 is 12.4 Å². The molecule has 1 aromatic rings. The van der Waals surface area contributed by atoms with Gasteiger partial charge in [-0.15, -0.1) is 12.4 Å². The highest BCUT2D eigenvalue weighted by Gasteiger charge is 2.35. The van der Waals surface area contributed by atoms with E-state index in [0.717, 1.165) is 25.9 Å². The van der Waals surface area contributed by atoms with Crippen LogP contribution in [0.2, 0.25) is 0 Å². The molecule has 1 atom stereocenters. The van der Waals surface area contributed by atoms with Crippen molar-refractivity contribution in [1.82, 2.24) is 10.6 Å². The van der Waals surface area contributed by atoms with Gasteiger partial charge in [0.2, 0.25) is 11.8 Å². The SMILES string of the molecule is Cl.O=C(NC1CCN(c2ccccc2F)C1=O)C1CCNCC1. The molecule has 2 aliphatic rings. The molecule has 2 fully saturated rings. The average molecular weight is 342 g/mol. The fourth-order valence-electron chi connectivity index (χ4n) is 3.10. The van der Waals surface area contributed by atoms with Gasteiger partial charge in [0.05, 0.1) is 5.69 Å². The van der Waals surface area contributed by atoms with Crippen LogP contribution in [0.4, 0.5) is 10.1 Å². The van der Waals surface area contributed by atoms with Gasteiger partial charge >= 0.3 is 0 Å². The van der Waals surface area contributed by atoms with Gasteiger partial charge in [0.15, 0.2) is 0 Å². The molecule has 126 valence electrons.